The van der Waals surface area contributed by atoms with Gasteiger partial charge in [0.25, 0.3) is 5.91 Å². The highest BCUT2D eigenvalue weighted by Gasteiger charge is 2.08. The van der Waals surface area contributed by atoms with Crippen LogP contribution in [0.3, 0.4) is 0 Å². The summed E-state index contributed by atoms with van der Waals surface area (Å²) in [4.78, 5) is 11.9. The van der Waals surface area contributed by atoms with Crippen LogP contribution in [0.5, 0.6) is 17.2 Å². The number of aryl methyl sites for hydroxylation is 1. The van der Waals surface area contributed by atoms with Crippen LogP contribution in [0, 0.1) is 6.92 Å². The van der Waals surface area contributed by atoms with E-state index in [0.717, 1.165) is 23.3 Å². The number of carbonyl (C=O) groups excluding carboxylic acids is 1. The molecule has 0 saturated heterocycles. The summed E-state index contributed by atoms with van der Waals surface area (Å²) in [6.45, 7) is 6.45. The van der Waals surface area contributed by atoms with Crippen LogP contribution in [0.25, 0.3) is 0 Å². The molecule has 2 rings (SSSR count). The number of methoxy groups -OCH3 is 1. The van der Waals surface area contributed by atoms with Crippen molar-refractivity contribution < 1.29 is 19.0 Å². The smallest absolute Gasteiger partial charge is 0.258 e. The van der Waals surface area contributed by atoms with Gasteiger partial charge in [-0.3, -0.25) is 4.79 Å². The van der Waals surface area contributed by atoms with E-state index in [1.54, 1.807) is 13.2 Å². The predicted octanol–water partition coefficient (Wildman–Crippen LogP) is 3.31. The average Bonchev–Trinajstić information content (AvgIpc) is 2.64. The Morgan fingerprint density at radius 3 is 2.73 bits per heavy atom. The van der Waals surface area contributed by atoms with E-state index in [2.05, 4.69) is 11.9 Å². The zero-order valence-electron chi connectivity index (χ0n) is 15.3. The molecule has 1 amide bonds. The molecule has 0 heterocycles. The molecule has 2 aromatic carbocycles. The fourth-order valence-corrected chi connectivity index (χ4v) is 2.38. The van der Waals surface area contributed by atoms with Crippen molar-refractivity contribution in [2.75, 3.05) is 26.9 Å². The van der Waals surface area contributed by atoms with Crippen molar-refractivity contribution in [3.05, 3.63) is 66.2 Å². The molecule has 0 spiro atoms. The Morgan fingerprint density at radius 1 is 1.15 bits per heavy atom. The van der Waals surface area contributed by atoms with E-state index in [1.807, 2.05) is 49.4 Å². The Morgan fingerprint density at radius 2 is 2.00 bits per heavy atom. The van der Waals surface area contributed by atoms with Crippen molar-refractivity contribution in [2.24, 2.45) is 0 Å². The highest BCUT2D eigenvalue weighted by molar-refractivity contribution is 5.77. The summed E-state index contributed by atoms with van der Waals surface area (Å²) in [5.41, 5.74) is 2.20. The molecule has 2 aromatic rings. The van der Waals surface area contributed by atoms with E-state index in [9.17, 15) is 4.79 Å². The molecule has 0 aliphatic rings. The lowest BCUT2D eigenvalue weighted by Crippen LogP contribution is -2.32. The van der Waals surface area contributed by atoms with Crippen LogP contribution >= 0.6 is 0 Å². The number of benzene rings is 2. The average molecular weight is 355 g/mol. The van der Waals surface area contributed by atoms with Crippen LogP contribution in [-0.4, -0.2) is 32.8 Å². The number of hydrogen-bond acceptors (Lipinski definition) is 4. The number of rotatable bonds is 10. The van der Waals surface area contributed by atoms with Crippen LogP contribution in [0.2, 0.25) is 0 Å². The second kappa shape index (κ2) is 10.1. The summed E-state index contributed by atoms with van der Waals surface area (Å²) >= 11 is 0. The van der Waals surface area contributed by atoms with Crippen LogP contribution < -0.4 is 19.5 Å². The second-order valence-corrected chi connectivity index (χ2v) is 5.78. The Labute approximate surface area is 154 Å². The standard InChI is InChI=1S/C21H25NO4/c1-4-6-17-9-10-19(20(14-17)24-3)26-15-21(23)22-11-12-25-18-8-5-7-16(2)13-18/h4-5,7-10,13-14H,1,6,11-12,15H2,2-3H3,(H,22,23). The van der Waals surface area contributed by atoms with Crippen LogP contribution in [0.1, 0.15) is 11.1 Å². The molecule has 0 aliphatic carbocycles. The summed E-state index contributed by atoms with van der Waals surface area (Å²) in [7, 11) is 1.57. The number of carbonyl (C=O) groups is 1. The fraction of sp³-hybridized carbons (Fsp3) is 0.286. The Bertz CT molecular complexity index is 743. The molecule has 5 heteroatoms. The second-order valence-electron chi connectivity index (χ2n) is 5.78. The molecule has 0 aliphatic heterocycles. The number of ether oxygens (including phenoxy) is 3. The third-order valence-electron chi connectivity index (χ3n) is 3.65. The summed E-state index contributed by atoms with van der Waals surface area (Å²) in [5.74, 6) is 1.71. The molecule has 0 aromatic heterocycles. The van der Waals surface area contributed by atoms with Gasteiger partial charge in [0.05, 0.1) is 13.7 Å². The van der Waals surface area contributed by atoms with Crippen LogP contribution in [0.15, 0.2) is 55.1 Å². The van der Waals surface area contributed by atoms with Gasteiger partial charge in [-0.05, 0) is 48.7 Å². The lowest BCUT2D eigenvalue weighted by Gasteiger charge is -2.12. The normalized spacial score (nSPS) is 10.1. The van der Waals surface area contributed by atoms with Crippen molar-refractivity contribution in [1.29, 1.82) is 0 Å². The summed E-state index contributed by atoms with van der Waals surface area (Å²) < 4.78 is 16.5. The Balaban J connectivity index is 1.73. The van der Waals surface area contributed by atoms with Crippen LogP contribution in [-0.2, 0) is 11.2 Å². The van der Waals surface area contributed by atoms with Crippen molar-refractivity contribution in [3.8, 4) is 17.2 Å². The molecule has 0 fully saturated rings. The number of hydrogen-bond donors (Lipinski definition) is 1. The third kappa shape index (κ3) is 6.16. The summed E-state index contributed by atoms with van der Waals surface area (Å²) in [5, 5.41) is 2.76. The Hall–Kier alpha value is -2.95. The monoisotopic (exact) mass is 355 g/mol. The molecular formula is C21H25NO4. The van der Waals surface area contributed by atoms with E-state index in [4.69, 9.17) is 14.2 Å². The number of amides is 1. The molecule has 1 N–H and O–H groups in total. The molecule has 0 saturated carbocycles. The van der Waals surface area contributed by atoms with Crippen molar-refractivity contribution in [3.63, 3.8) is 0 Å². The van der Waals surface area contributed by atoms with Gasteiger partial charge in [-0.2, -0.15) is 0 Å². The van der Waals surface area contributed by atoms with Gasteiger partial charge < -0.3 is 19.5 Å². The largest absolute Gasteiger partial charge is 0.493 e. The van der Waals surface area contributed by atoms with E-state index in [-0.39, 0.29) is 12.5 Å². The maximum absolute atomic E-state index is 11.9. The summed E-state index contributed by atoms with van der Waals surface area (Å²) in [6.07, 6.45) is 2.57. The predicted molar refractivity (Wildman–Crippen MR) is 102 cm³/mol. The first kappa shape index (κ1) is 19.4. The van der Waals surface area contributed by atoms with E-state index >= 15 is 0 Å². The lowest BCUT2D eigenvalue weighted by molar-refractivity contribution is -0.123. The van der Waals surface area contributed by atoms with Gasteiger partial charge in [0, 0.05) is 0 Å². The maximum Gasteiger partial charge on any atom is 0.258 e. The molecule has 0 radical (unpaired) electrons. The third-order valence-corrected chi connectivity index (χ3v) is 3.65. The number of nitrogens with one attached hydrogen (secondary N) is 1. The molecule has 0 bridgehead atoms. The van der Waals surface area contributed by atoms with Gasteiger partial charge in [-0.1, -0.05) is 24.3 Å². The van der Waals surface area contributed by atoms with Crippen LogP contribution in [0.4, 0.5) is 0 Å². The highest BCUT2D eigenvalue weighted by atomic mass is 16.5. The van der Waals surface area contributed by atoms with Crippen molar-refractivity contribution in [1.82, 2.24) is 5.32 Å². The van der Waals surface area contributed by atoms with Crippen molar-refractivity contribution >= 4 is 5.91 Å². The zero-order chi connectivity index (χ0) is 18.8. The van der Waals surface area contributed by atoms with Gasteiger partial charge in [0.1, 0.15) is 12.4 Å². The first-order chi connectivity index (χ1) is 12.6. The summed E-state index contributed by atoms with van der Waals surface area (Å²) in [6, 6.07) is 13.4. The first-order valence-electron chi connectivity index (χ1n) is 8.49. The minimum Gasteiger partial charge on any atom is -0.493 e. The quantitative estimate of drug-likeness (QED) is 0.525. The van der Waals surface area contributed by atoms with Crippen molar-refractivity contribution in [2.45, 2.75) is 13.3 Å². The van der Waals surface area contributed by atoms with E-state index in [1.165, 1.54) is 0 Å². The SMILES string of the molecule is C=CCc1ccc(OCC(=O)NCCOc2cccc(C)c2)c(OC)c1. The minimum absolute atomic E-state index is 0.0817. The van der Waals surface area contributed by atoms with E-state index < -0.39 is 0 Å². The van der Waals surface area contributed by atoms with Gasteiger partial charge >= 0.3 is 0 Å². The topological polar surface area (TPSA) is 56.8 Å². The van der Waals surface area contributed by atoms with Gasteiger partial charge in [0.15, 0.2) is 18.1 Å². The fourth-order valence-electron chi connectivity index (χ4n) is 2.38. The van der Waals surface area contributed by atoms with Gasteiger partial charge in [-0.15, -0.1) is 6.58 Å². The maximum atomic E-state index is 11.9. The molecule has 138 valence electrons. The first-order valence-corrected chi connectivity index (χ1v) is 8.49. The molecule has 26 heavy (non-hydrogen) atoms. The number of allylic oxidation sites excluding steroid dienone is 1. The molecular weight excluding hydrogens is 330 g/mol. The highest BCUT2D eigenvalue weighted by Crippen LogP contribution is 2.28. The molecule has 5 nitrogen and oxygen atoms in total. The van der Waals surface area contributed by atoms with Gasteiger partial charge in [-0.25, -0.2) is 0 Å². The molecule has 0 unspecified atom stereocenters. The lowest BCUT2D eigenvalue weighted by atomic mass is 10.1. The molecule has 0 atom stereocenters. The Kier molecular flexibility index (Phi) is 7.55. The zero-order valence-corrected chi connectivity index (χ0v) is 15.3. The van der Waals surface area contributed by atoms with E-state index in [0.29, 0.717) is 24.7 Å². The minimum atomic E-state index is -0.213. The van der Waals surface area contributed by atoms with Gasteiger partial charge in [0.2, 0.25) is 0 Å².